The standard InChI is InChI=1S/C21H17BrN2O3/c22-17-11-9-15(10-12-17)14-27-20-8-4-1-5-16(20)13-23-24-19-7-3-2-6-18(19)21(25)26/h1-13,24H,14H2,(H,25,26)/b23-13-. The summed E-state index contributed by atoms with van der Waals surface area (Å²) in [7, 11) is 0. The molecule has 27 heavy (non-hydrogen) atoms. The van der Waals surface area contributed by atoms with Gasteiger partial charge in [0, 0.05) is 10.0 Å². The average molecular weight is 425 g/mol. The van der Waals surface area contributed by atoms with E-state index in [-0.39, 0.29) is 5.56 Å². The predicted molar refractivity (Wildman–Crippen MR) is 110 cm³/mol. The Morgan fingerprint density at radius 3 is 2.52 bits per heavy atom. The fraction of sp³-hybridized carbons (Fsp3) is 0.0476. The van der Waals surface area contributed by atoms with Crippen LogP contribution in [0.15, 0.2) is 82.4 Å². The lowest BCUT2D eigenvalue weighted by atomic mass is 10.2. The van der Waals surface area contributed by atoms with Crippen molar-refractivity contribution < 1.29 is 14.6 Å². The minimum atomic E-state index is -1.01. The number of carbonyl (C=O) groups is 1. The Kier molecular flexibility index (Phi) is 6.22. The molecule has 0 atom stereocenters. The highest BCUT2D eigenvalue weighted by Gasteiger charge is 2.08. The van der Waals surface area contributed by atoms with Crippen LogP contribution in [0.25, 0.3) is 0 Å². The van der Waals surface area contributed by atoms with Crippen LogP contribution in [-0.2, 0) is 6.61 Å². The maximum atomic E-state index is 11.2. The smallest absolute Gasteiger partial charge is 0.337 e. The van der Waals surface area contributed by atoms with Crippen LogP contribution in [0, 0.1) is 0 Å². The van der Waals surface area contributed by atoms with E-state index in [4.69, 9.17) is 4.74 Å². The van der Waals surface area contributed by atoms with E-state index < -0.39 is 5.97 Å². The minimum absolute atomic E-state index is 0.162. The van der Waals surface area contributed by atoms with Gasteiger partial charge in [-0.25, -0.2) is 4.79 Å². The summed E-state index contributed by atoms with van der Waals surface area (Å²) in [5.41, 5.74) is 5.21. The van der Waals surface area contributed by atoms with Crippen molar-refractivity contribution in [2.45, 2.75) is 6.61 Å². The minimum Gasteiger partial charge on any atom is -0.488 e. The summed E-state index contributed by atoms with van der Waals surface area (Å²) in [4.78, 5) is 11.2. The monoisotopic (exact) mass is 424 g/mol. The predicted octanol–water partition coefficient (Wildman–Crippen LogP) is 5.17. The van der Waals surface area contributed by atoms with Crippen LogP contribution in [0.1, 0.15) is 21.5 Å². The second-order valence-electron chi connectivity index (χ2n) is 5.67. The molecule has 0 aromatic heterocycles. The van der Waals surface area contributed by atoms with Crippen LogP contribution in [-0.4, -0.2) is 17.3 Å². The SMILES string of the molecule is O=C(O)c1ccccc1N/N=C\c1ccccc1OCc1ccc(Br)cc1. The van der Waals surface area contributed by atoms with Crippen molar-refractivity contribution in [1.29, 1.82) is 0 Å². The molecule has 0 saturated heterocycles. The first-order chi connectivity index (χ1) is 13.1. The first-order valence-electron chi connectivity index (χ1n) is 8.21. The first-order valence-corrected chi connectivity index (χ1v) is 9.00. The van der Waals surface area contributed by atoms with E-state index in [0.717, 1.165) is 15.6 Å². The Hall–Kier alpha value is -3.12. The Morgan fingerprint density at radius 1 is 1.04 bits per heavy atom. The van der Waals surface area contributed by atoms with E-state index in [1.165, 1.54) is 6.07 Å². The Bertz CT molecular complexity index is 956. The summed E-state index contributed by atoms with van der Waals surface area (Å²) in [6.07, 6.45) is 1.61. The number of carboxylic acid groups (broad SMARTS) is 1. The number of benzene rings is 3. The topological polar surface area (TPSA) is 70.9 Å². The number of rotatable bonds is 7. The summed E-state index contributed by atoms with van der Waals surface area (Å²) in [5.74, 6) is -0.316. The van der Waals surface area contributed by atoms with Crippen LogP contribution in [0.5, 0.6) is 5.75 Å². The first kappa shape index (κ1) is 18.7. The molecule has 0 spiro atoms. The van der Waals surface area contributed by atoms with E-state index in [1.54, 1.807) is 24.4 Å². The molecule has 0 aliphatic heterocycles. The molecule has 0 heterocycles. The van der Waals surface area contributed by atoms with E-state index in [2.05, 4.69) is 26.5 Å². The molecule has 0 aliphatic carbocycles. The zero-order valence-electron chi connectivity index (χ0n) is 14.3. The molecule has 3 aromatic carbocycles. The number of halogens is 1. The number of hydrogen-bond donors (Lipinski definition) is 2. The van der Waals surface area contributed by atoms with E-state index in [9.17, 15) is 9.90 Å². The van der Waals surface area contributed by atoms with Crippen molar-refractivity contribution >= 4 is 33.8 Å². The third-order valence-corrected chi connectivity index (χ3v) is 4.30. The van der Waals surface area contributed by atoms with Crippen LogP contribution < -0.4 is 10.2 Å². The zero-order valence-corrected chi connectivity index (χ0v) is 15.9. The Morgan fingerprint density at radius 2 is 1.74 bits per heavy atom. The molecule has 3 aromatic rings. The van der Waals surface area contributed by atoms with Crippen molar-refractivity contribution in [3.05, 3.63) is 94.0 Å². The number of hydrogen-bond acceptors (Lipinski definition) is 4. The van der Waals surface area contributed by atoms with Gasteiger partial charge in [-0.2, -0.15) is 5.10 Å². The summed E-state index contributed by atoms with van der Waals surface area (Å²) in [6, 6.07) is 22.1. The molecule has 0 fully saturated rings. The summed E-state index contributed by atoms with van der Waals surface area (Å²) in [6.45, 7) is 0.438. The van der Waals surface area contributed by atoms with Crippen molar-refractivity contribution in [2.24, 2.45) is 5.10 Å². The highest BCUT2D eigenvalue weighted by atomic mass is 79.9. The molecular weight excluding hydrogens is 408 g/mol. The van der Waals surface area contributed by atoms with Crippen molar-refractivity contribution in [3.63, 3.8) is 0 Å². The summed E-state index contributed by atoms with van der Waals surface area (Å²) >= 11 is 3.41. The van der Waals surface area contributed by atoms with Crippen molar-refractivity contribution in [2.75, 3.05) is 5.43 Å². The Balaban J connectivity index is 1.69. The molecule has 0 saturated carbocycles. The number of para-hydroxylation sites is 2. The quantitative estimate of drug-likeness (QED) is 0.405. The maximum Gasteiger partial charge on any atom is 0.337 e. The lowest BCUT2D eigenvalue weighted by Crippen LogP contribution is -2.02. The number of carboxylic acids is 1. The van der Waals surface area contributed by atoms with Gasteiger partial charge in [0.15, 0.2) is 0 Å². The largest absolute Gasteiger partial charge is 0.488 e. The number of hydrazone groups is 1. The zero-order chi connectivity index (χ0) is 19.1. The van der Waals surface area contributed by atoms with Gasteiger partial charge in [-0.3, -0.25) is 5.43 Å². The molecule has 0 radical (unpaired) electrons. The van der Waals surface area contributed by atoms with Gasteiger partial charge in [0.1, 0.15) is 12.4 Å². The molecule has 6 heteroatoms. The van der Waals surface area contributed by atoms with Gasteiger partial charge >= 0.3 is 5.97 Å². The van der Waals surface area contributed by atoms with E-state index in [0.29, 0.717) is 18.0 Å². The molecule has 2 N–H and O–H groups in total. The third kappa shape index (κ3) is 5.18. The van der Waals surface area contributed by atoms with Crippen LogP contribution in [0.2, 0.25) is 0 Å². The lowest BCUT2D eigenvalue weighted by molar-refractivity contribution is 0.0698. The number of nitrogens with one attached hydrogen (secondary N) is 1. The average Bonchev–Trinajstić information content (AvgIpc) is 2.69. The van der Waals surface area contributed by atoms with Gasteiger partial charge in [-0.1, -0.05) is 52.3 Å². The molecule has 136 valence electrons. The molecular formula is C21H17BrN2O3. The second-order valence-corrected chi connectivity index (χ2v) is 6.59. The normalized spacial score (nSPS) is 10.7. The lowest BCUT2D eigenvalue weighted by Gasteiger charge is -2.09. The Labute approximate surface area is 165 Å². The molecule has 0 bridgehead atoms. The fourth-order valence-electron chi connectivity index (χ4n) is 2.40. The third-order valence-electron chi connectivity index (χ3n) is 3.77. The van der Waals surface area contributed by atoms with Gasteiger partial charge in [-0.05, 0) is 42.0 Å². The second kappa shape index (κ2) is 9.00. The number of nitrogens with zero attached hydrogens (tertiary/aromatic N) is 1. The van der Waals surface area contributed by atoms with Crippen LogP contribution >= 0.6 is 15.9 Å². The summed E-state index contributed by atoms with van der Waals surface area (Å²) in [5, 5.41) is 13.4. The van der Waals surface area contributed by atoms with Crippen molar-refractivity contribution in [1.82, 2.24) is 0 Å². The van der Waals surface area contributed by atoms with Gasteiger partial charge in [0.25, 0.3) is 0 Å². The highest BCUT2D eigenvalue weighted by Crippen LogP contribution is 2.19. The van der Waals surface area contributed by atoms with Gasteiger partial charge in [0.2, 0.25) is 0 Å². The van der Waals surface area contributed by atoms with E-state index in [1.807, 2.05) is 48.5 Å². The molecule has 3 rings (SSSR count). The molecule has 5 nitrogen and oxygen atoms in total. The highest BCUT2D eigenvalue weighted by molar-refractivity contribution is 9.10. The van der Waals surface area contributed by atoms with Crippen molar-refractivity contribution in [3.8, 4) is 5.75 Å². The van der Waals surface area contributed by atoms with Gasteiger partial charge < -0.3 is 9.84 Å². The van der Waals surface area contributed by atoms with E-state index >= 15 is 0 Å². The molecule has 0 aliphatic rings. The number of ether oxygens (including phenoxy) is 1. The molecule has 0 amide bonds. The van der Waals surface area contributed by atoms with Gasteiger partial charge in [-0.15, -0.1) is 0 Å². The fourth-order valence-corrected chi connectivity index (χ4v) is 2.66. The molecule has 0 unspecified atom stereocenters. The van der Waals surface area contributed by atoms with Gasteiger partial charge in [0.05, 0.1) is 17.5 Å². The number of aromatic carboxylic acids is 1. The summed E-state index contributed by atoms with van der Waals surface area (Å²) < 4.78 is 6.92. The van der Waals surface area contributed by atoms with Crippen LogP contribution in [0.4, 0.5) is 5.69 Å². The van der Waals surface area contributed by atoms with Crippen LogP contribution in [0.3, 0.4) is 0 Å². The maximum absolute atomic E-state index is 11.2. The number of anilines is 1.